The fraction of sp³-hybridized carbons (Fsp3) is 0.333. The molecule has 208 valence electrons. The zero-order chi connectivity index (χ0) is 28.6. The smallest absolute Gasteiger partial charge is 0.264 e. The molecule has 3 rings (SSSR count). The lowest BCUT2D eigenvalue weighted by atomic mass is 10.1. The average molecular weight is 570 g/mol. The Hall–Kier alpha value is -3.36. The van der Waals surface area contributed by atoms with Crippen molar-refractivity contribution in [1.82, 2.24) is 10.2 Å². The highest BCUT2D eigenvalue weighted by Crippen LogP contribution is 2.28. The van der Waals surface area contributed by atoms with Gasteiger partial charge in [-0.3, -0.25) is 13.9 Å². The normalized spacial score (nSPS) is 12.0. The number of aryl methyl sites for hydroxylation is 2. The van der Waals surface area contributed by atoms with Gasteiger partial charge in [-0.1, -0.05) is 67.9 Å². The molecule has 9 heteroatoms. The van der Waals surface area contributed by atoms with E-state index in [4.69, 9.17) is 11.6 Å². The van der Waals surface area contributed by atoms with Crippen LogP contribution in [0.25, 0.3) is 0 Å². The Labute approximate surface area is 236 Å². The first-order valence-corrected chi connectivity index (χ1v) is 14.9. The second-order valence-corrected chi connectivity index (χ2v) is 11.8. The highest BCUT2D eigenvalue weighted by atomic mass is 35.5. The Morgan fingerprint density at radius 3 is 2.23 bits per heavy atom. The molecule has 0 heterocycles. The number of hydrogen-bond donors (Lipinski definition) is 1. The van der Waals surface area contributed by atoms with Gasteiger partial charge in [0.2, 0.25) is 11.8 Å². The highest BCUT2D eigenvalue weighted by molar-refractivity contribution is 7.92. The third kappa shape index (κ3) is 7.61. The molecule has 1 N–H and O–H groups in total. The topological polar surface area (TPSA) is 86.8 Å². The molecule has 0 aliphatic heterocycles. The van der Waals surface area contributed by atoms with Crippen molar-refractivity contribution in [2.24, 2.45) is 0 Å². The van der Waals surface area contributed by atoms with E-state index in [1.807, 2.05) is 39.8 Å². The molecule has 0 spiro atoms. The van der Waals surface area contributed by atoms with Gasteiger partial charge < -0.3 is 10.2 Å². The van der Waals surface area contributed by atoms with Crippen molar-refractivity contribution in [3.05, 3.63) is 94.5 Å². The number of benzene rings is 3. The van der Waals surface area contributed by atoms with Crippen LogP contribution >= 0.6 is 11.6 Å². The molecule has 0 fully saturated rings. The second-order valence-electron chi connectivity index (χ2n) is 9.48. The minimum Gasteiger partial charge on any atom is -0.354 e. The Bertz CT molecular complexity index is 1380. The fourth-order valence-corrected chi connectivity index (χ4v) is 5.91. The molecule has 0 radical (unpaired) electrons. The summed E-state index contributed by atoms with van der Waals surface area (Å²) in [5, 5.41) is 3.44. The maximum absolute atomic E-state index is 14.1. The van der Waals surface area contributed by atoms with Crippen molar-refractivity contribution in [2.75, 3.05) is 17.4 Å². The van der Waals surface area contributed by atoms with Crippen LogP contribution in [0.1, 0.15) is 43.4 Å². The van der Waals surface area contributed by atoms with Crippen molar-refractivity contribution in [3.63, 3.8) is 0 Å². The van der Waals surface area contributed by atoms with Crippen LogP contribution in [0.3, 0.4) is 0 Å². The van der Waals surface area contributed by atoms with Gasteiger partial charge in [0.05, 0.1) is 10.6 Å². The van der Waals surface area contributed by atoms with Crippen molar-refractivity contribution >= 4 is 39.1 Å². The van der Waals surface area contributed by atoms with Gasteiger partial charge in [-0.15, -0.1) is 0 Å². The molecule has 39 heavy (non-hydrogen) atoms. The van der Waals surface area contributed by atoms with E-state index in [9.17, 15) is 18.0 Å². The summed E-state index contributed by atoms with van der Waals surface area (Å²) in [4.78, 5) is 28.7. The van der Waals surface area contributed by atoms with Crippen LogP contribution in [-0.2, 0) is 26.2 Å². The molecule has 3 aromatic rings. The number of halogens is 1. The van der Waals surface area contributed by atoms with Crippen LogP contribution in [0.2, 0.25) is 5.02 Å². The van der Waals surface area contributed by atoms with E-state index >= 15 is 0 Å². The maximum Gasteiger partial charge on any atom is 0.264 e. The SMILES string of the molecule is CCCNC(=O)[C@H](CC)N(Cc1ccc(Cl)cc1)C(=O)CN(c1cc(C)ccc1C)S(=O)(=O)c1ccccc1. The number of carbonyl (C=O) groups is 2. The van der Waals surface area contributed by atoms with Crippen molar-refractivity contribution in [3.8, 4) is 0 Å². The fourth-order valence-electron chi connectivity index (χ4n) is 4.29. The molecule has 1 atom stereocenters. The summed E-state index contributed by atoms with van der Waals surface area (Å²) in [6.45, 7) is 7.61. The van der Waals surface area contributed by atoms with Gasteiger partial charge in [0, 0.05) is 18.1 Å². The predicted molar refractivity (Wildman–Crippen MR) is 156 cm³/mol. The van der Waals surface area contributed by atoms with Gasteiger partial charge in [-0.25, -0.2) is 8.42 Å². The lowest BCUT2D eigenvalue weighted by molar-refractivity contribution is -0.140. The van der Waals surface area contributed by atoms with E-state index in [-0.39, 0.29) is 17.3 Å². The van der Waals surface area contributed by atoms with Crippen LogP contribution in [0.15, 0.2) is 77.7 Å². The van der Waals surface area contributed by atoms with Crippen LogP contribution < -0.4 is 9.62 Å². The minimum atomic E-state index is -4.10. The average Bonchev–Trinajstić information content (AvgIpc) is 2.93. The molecule has 0 aliphatic rings. The summed E-state index contributed by atoms with van der Waals surface area (Å²) >= 11 is 6.06. The Morgan fingerprint density at radius 1 is 0.949 bits per heavy atom. The van der Waals surface area contributed by atoms with E-state index in [2.05, 4.69) is 5.32 Å². The summed E-state index contributed by atoms with van der Waals surface area (Å²) in [6, 6.07) is 19.8. The minimum absolute atomic E-state index is 0.0793. The van der Waals surface area contributed by atoms with Gasteiger partial charge in [-0.2, -0.15) is 0 Å². The van der Waals surface area contributed by atoms with Crippen LogP contribution in [0, 0.1) is 13.8 Å². The van der Waals surface area contributed by atoms with Crippen molar-refractivity contribution < 1.29 is 18.0 Å². The van der Waals surface area contributed by atoms with E-state index in [1.54, 1.807) is 48.5 Å². The molecule has 0 saturated heterocycles. The van der Waals surface area contributed by atoms with Crippen LogP contribution in [0.4, 0.5) is 5.69 Å². The number of nitrogens with one attached hydrogen (secondary N) is 1. The molecule has 2 amide bonds. The van der Waals surface area contributed by atoms with E-state index in [1.165, 1.54) is 17.0 Å². The first kappa shape index (κ1) is 30.2. The van der Waals surface area contributed by atoms with Gasteiger partial charge in [0.1, 0.15) is 12.6 Å². The summed E-state index contributed by atoms with van der Waals surface area (Å²) in [7, 11) is -4.10. The highest BCUT2D eigenvalue weighted by Gasteiger charge is 2.34. The van der Waals surface area contributed by atoms with Gasteiger partial charge in [0.15, 0.2) is 0 Å². The number of hydrogen-bond acceptors (Lipinski definition) is 4. The molecule has 0 unspecified atom stereocenters. The lowest BCUT2D eigenvalue weighted by Crippen LogP contribution is -2.52. The Balaban J connectivity index is 2.07. The third-order valence-electron chi connectivity index (χ3n) is 6.44. The quantitative estimate of drug-likeness (QED) is 0.313. The monoisotopic (exact) mass is 569 g/mol. The third-order valence-corrected chi connectivity index (χ3v) is 8.47. The molecule has 0 aromatic heterocycles. The van der Waals surface area contributed by atoms with Crippen LogP contribution in [-0.4, -0.2) is 44.3 Å². The molecule has 0 bridgehead atoms. The Kier molecular flexibility index (Phi) is 10.5. The Morgan fingerprint density at radius 2 is 1.62 bits per heavy atom. The largest absolute Gasteiger partial charge is 0.354 e. The van der Waals surface area contributed by atoms with Crippen molar-refractivity contribution in [1.29, 1.82) is 0 Å². The number of amides is 2. The first-order chi connectivity index (χ1) is 18.6. The molecule has 0 saturated carbocycles. The summed E-state index contributed by atoms with van der Waals surface area (Å²) in [5.74, 6) is -0.755. The summed E-state index contributed by atoms with van der Waals surface area (Å²) < 4.78 is 29.0. The van der Waals surface area contributed by atoms with Crippen LogP contribution in [0.5, 0.6) is 0 Å². The van der Waals surface area contributed by atoms with Gasteiger partial charge in [0.25, 0.3) is 10.0 Å². The number of carbonyl (C=O) groups excluding carboxylic acids is 2. The molecule has 3 aromatic carbocycles. The van der Waals surface area contributed by atoms with E-state index in [0.717, 1.165) is 21.9 Å². The first-order valence-electron chi connectivity index (χ1n) is 13.0. The number of nitrogens with zero attached hydrogens (tertiary/aromatic N) is 2. The van der Waals surface area contributed by atoms with Gasteiger partial charge in [-0.05, 0) is 73.7 Å². The van der Waals surface area contributed by atoms with Gasteiger partial charge >= 0.3 is 0 Å². The number of anilines is 1. The number of sulfonamides is 1. The molecular formula is C30H36ClN3O4S. The maximum atomic E-state index is 14.1. The second kappa shape index (κ2) is 13.6. The lowest BCUT2D eigenvalue weighted by Gasteiger charge is -2.33. The number of rotatable bonds is 12. The summed E-state index contributed by atoms with van der Waals surface area (Å²) in [6.07, 6.45) is 1.12. The molecule has 7 nitrogen and oxygen atoms in total. The zero-order valence-electron chi connectivity index (χ0n) is 22.9. The standard InChI is InChI=1S/C30H36ClN3O4S/c1-5-18-32-30(36)27(6-2)33(20-24-14-16-25(31)17-15-24)29(35)21-34(28-19-22(3)12-13-23(28)4)39(37,38)26-10-8-7-9-11-26/h7-17,19,27H,5-6,18,20-21H2,1-4H3,(H,32,36)/t27-/m0/s1. The van der Waals surface area contributed by atoms with Crippen molar-refractivity contribution in [2.45, 2.75) is 58.0 Å². The zero-order valence-corrected chi connectivity index (χ0v) is 24.4. The molecular weight excluding hydrogens is 534 g/mol. The van der Waals surface area contributed by atoms with E-state index < -0.39 is 28.5 Å². The molecule has 0 aliphatic carbocycles. The van der Waals surface area contributed by atoms with E-state index in [0.29, 0.717) is 29.2 Å². The summed E-state index contributed by atoms with van der Waals surface area (Å²) in [5.41, 5.74) is 2.77. The predicted octanol–water partition coefficient (Wildman–Crippen LogP) is 5.49.